The lowest BCUT2D eigenvalue weighted by atomic mass is 9.98. The van der Waals surface area contributed by atoms with E-state index in [1.807, 2.05) is 13.0 Å². The van der Waals surface area contributed by atoms with Gasteiger partial charge in [-0.2, -0.15) is 0 Å². The lowest BCUT2D eigenvalue weighted by Gasteiger charge is -2.14. The number of hydrogen-bond donors (Lipinski definition) is 0. The molecule has 3 heteroatoms. The van der Waals surface area contributed by atoms with Gasteiger partial charge in [-0.25, -0.2) is 4.39 Å². The molecule has 0 radical (unpaired) electrons. The summed E-state index contributed by atoms with van der Waals surface area (Å²) in [5, 5.41) is 0.0927. The average molecular weight is 231 g/mol. The molecule has 2 unspecified atom stereocenters. The Hall–Kier alpha value is -0.760. The standard InChI is InChI=1S/C12H16ClFO/c1-8(9(2)13)6-10-4-5-12(15-3)11(14)7-10/h4-5,7-9H,6H2,1-3H3. The van der Waals surface area contributed by atoms with Crippen LogP contribution in [0, 0.1) is 11.7 Å². The van der Waals surface area contributed by atoms with Crippen molar-refractivity contribution in [3.63, 3.8) is 0 Å². The summed E-state index contributed by atoms with van der Waals surface area (Å²) in [5.74, 6) is 0.300. The maximum atomic E-state index is 13.3. The molecule has 0 aliphatic heterocycles. The Morgan fingerprint density at radius 3 is 2.53 bits per heavy atom. The van der Waals surface area contributed by atoms with Crippen molar-refractivity contribution in [2.24, 2.45) is 5.92 Å². The minimum Gasteiger partial charge on any atom is -0.494 e. The fourth-order valence-corrected chi connectivity index (χ4v) is 1.46. The second-order valence-electron chi connectivity index (χ2n) is 3.83. The molecule has 0 bridgehead atoms. The van der Waals surface area contributed by atoms with E-state index in [1.165, 1.54) is 13.2 Å². The summed E-state index contributed by atoms with van der Waals surface area (Å²) >= 11 is 5.96. The number of rotatable bonds is 4. The zero-order valence-corrected chi connectivity index (χ0v) is 10.0. The summed E-state index contributed by atoms with van der Waals surface area (Å²) < 4.78 is 18.2. The van der Waals surface area contributed by atoms with Crippen molar-refractivity contribution in [3.05, 3.63) is 29.6 Å². The highest BCUT2D eigenvalue weighted by molar-refractivity contribution is 6.20. The van der Waals surface area contributed by atoms with Crippen LogP contribution in [0.2, 0.25) is 0 Å². The summed E-state index contributed by atoms with van der Waals surface area (Å²) in [5.41, 5.74) is 0.952. The summed E-state index contributed by atoms with van der Waals surface area (Å²) in [6.45, 7) is 4.01. The molecule has 0 aliphatic rings. The van der Waals surface area contributed by atoms with Gasteiger partial charge in [-0.3, -0.25) is 0 Å². The zero-order chi connectivity index (χ0) is 11.4. The van der Waals surface area contributed by atoms with Crippen LogP contribution in [0.25, 0.3) is 0 Å². The van der Waals surface area contributed by atoms with Gasteiger partial charge in [-0.1, -0.05) is 13.0 Å². The van der Waals surface area contributed by atoms with E-state index in [0.717, 1.165) is 12.0 Å². The quantitative estimate of drug-likeness (QED) is 0.718. The first kappa shape index (κ1) is 12.3. The Morgan fingerprint density at radius 1 is 1.40 bits per heavy atom. The molecule has 0 fully saturated rings. The zero-order valence-electron chi connectivity index (χ0n) is 9.26. The Labute approximate surface area is 95.2 Å². The number of alkyl halides is 1. The lowest BCUT2D eigenvalue weighted by molar-refractivity contribution is 0.386. The highest BCUT2D eigenvalue weighted by atomic mass is 35.5. The predicted octanol–water partition coefficient (Wildman–Crippen LogP) is 3.64. The maximum absolute atomic E-state index is 13.3. The third-order valence-corrected chi connectivity index (χ3v) is 2.99. The first-order valence-corrected chi connectivity index (χ1v) is 5.44. The highest BCUT2D eigenvalue weighted by Gasteiger charge is 2.11. The van der Waals surface area contributed by atoms with Crippen LogP contribution >= 0.6 is 11.6 Å². The van der Waals surface area contributed by atoms with Gasteiger partial charge in [0.15, 0.2) is 11.6 Å². The SMILES string of the molecule is COc1ccc(CC(C)C(C)Cl)cc1F. The van der Waals surface area contributed by atoms with E-state index in [4.69, 9.17) is 16.3 Å². The van der Waals surface area contributed by atoms with E-state index in [2.05, 4.69) is 6.92 Å². The molecule has 1 aromatic carbocycles. The van der Waals surface area contributed by atoms with E-state index in [1.54, 1.807) is 6.07 Å². The smallest absolute Gasteiger partial charge is 0.165 e. The summed E-state index contributed by atoms with van der Waals surface area (Å²) in [4.78, 5) is 0. The van der Waals surface area contributed by atoms with Crippen LogP contribution in [0.3, 0.4) is 0 Å². The summed E-state index contributed by atoms with van der Waals surface area (Å²) in [6.07, 6.45) is 0.783. The number of methoxy groups -OCH3 is 1. The fourth-order valence-electron chi connectivity index (χ4n) is 1.37. The monoisotopic (exact) mass is 230 g/mol. The molecule has 1 aromatic rings. The Balaban J connectivity index is 2.75. The van der Waals surface area contributed by atoms with Gasteiger partial charge in [0.2, 0.25) is 0 Å². The van der Waals surface area contributed by atoms with E-state index >= 15 is 0 Å². The Kier molecular flexibility index (Phi) is 4.40. The fraction of sp³-hybridized carbons (Fsp3) is 0.500. The van der Waals surface area contributed by atoms with Crippen LogP contribution in [0.5, 0.6) is 5.75 Å². The van der Waals surface area contributed by atoms with Crippen LogP contribution < -0.4 is 4.74 Å². The molecular formula is C12H16ClFO. The largest absolute Gasteiger partial charge is 0.494 e. The number of hydrogen-bond acceptors (Lipinski definition) is 1. The van der Waals surface area contributed by atoms with Crippen LogP contribution in [0.4, 0.5) is 4.39 Å². The van der Waals surface area contributed by atoms with Crippen molar-refractivity contribution >= 4 is 11.6 Å². The van der Waals surface area contributed by atoms with Crippen LogP contribution in [-0.4, -0.2) is 12.5 Å². The van der Waals surface area contributed by atoms with Crippen molar-refractivity contribution in [3.8, 4) is 5.75 Å². The second-order valence-corrected chi connectivity index (χ2v) is 4.52. The Morgan fingerprint density at radius 2 is 2.07 bits per heavy atom. The molecule has 1 nitrogen and oxygen atoms in total. The molecule has 0 saturated heterocycles. The van der Waals surface area contributed by atoms with Crippen molar-refractivity contribution in [1.82, 2.24) is 0 Å². The molecule has 0 aliphatic carbocycles. The number of benzene rings is 1. The van der Waals surface area contributed by atoms with Gasteiger partial charge >= 0.3 is 0 Å². The van der Waals surface area contributed by atoms with Crippen molar-refractivity contribution in [2.75, 3.05) is 7.11 Å². The van der Waals surface area contributed by atoms with Gasteiger partial charge in [0.1, 0.15) is 0 Å². The van der Waals surface area contributed by atoms with Crippen molar-refractivity contribution in [2.45, 2.75) is 25.6 Å². The number of halogens is 2. The highest BCUT2D eigenvalue weighted by Crippen LogP contribution is 2.21. The average Bonchev–Trinajstić information content (AvgIpc) is 2.18. The molecular weight excluding hydrogens is 215 g/mol. The maximum Gasteiger partial charge on any atom is 0.165 e. The van der Waals surface area contributed by atoms with E-state index in [-0.39, 0.29) is 16.9 Å². The van der Waals surface area contributed by atoms with E-state index < -0.39 is 0 Å². The topological polar surface area (TPSA) is 9.23 Å². The molecule has 0 N–H and O–H groups in total. The van der Waals surface area contributed by atoms with E-state index in [9.17, 15) is 4.39 Å². The van der Waals surface area contributed by atoms with Gasteiger partial charge in [-0.15, -0.1) is 11.6 Å². The summed E-state index contributed by atoms with van der Waals surface area (Å²) in [7, 11) is 1.46. The third-order valence-electron chi connectivity index (χ3n) is 2.56. The molecule has 1 rings (SSSR count). The summed E-state index contributed by atoms with van der Waals surface area (Å²) in [6, 6.07) is 5.03. The first-order valence-electron chi connectivity index (χ1n) is 5.01. The molecule has 0 aromatic heterocycles. The molecule has 2 atom stereocenters. The van der Waals surface area contributed by atoms with Crippen LogP contribution in [0.1, 0.15) is 19.4 Å². The minimum atomic E-state index is -0.315. The molecule has 15 heavy (non-hydrogen) atoms. The number of ether oxygens (including phenoxy) is 1. The van der Waals surface area contributed by atoms with Crippen molar-refractivity contribution < 1.29 is 9.13 Å². The van der Waals surface area contributed by atoms with Crippen LogP contribution in [-0.2, 0) is 6.42 Å². The van der Waals surface area contributed by atoms with Gasteiger partial charge in [0, 0.05) is 5.38 Å². The predicted molar refractivity (Wildman–Crippen MR) is 61.1 cm³/mol. The minimum absolute atomic E-state index is 0.0927. The van der Waals surface area contributed by atoms with E-state index in [0.29, 0.717) is 5.92 Å². The van der Waals surface area contributed by atoms with Gasteiger partial charge in [-0.05, 0) is 37.0 Å². The first-order chi connectivity index (χ1) is 7.04. The van der Waals surface area contributed by atoms with Gasteiger partial charge < -0.3 is 4.74 Å². The second kappa shape index (κ2) is 5.36. The third kappa shape index (κ3) is 3.38. The normalized spacial score (nSPS) is 14.7. The Bertz CT molecular complexity index is 325. The molecule has 84 valence electrons. The van der Waals surface area contributed by atoms with Crippen LogP contribution in [0.15, 0.2) is 18.2 Å². The molecule has 0 saturated carbocycles. The lowest BCUT2D eigenvalue weighted by Crippen LogP contribution is -2.10. The molecule has 0 amide bonds. The van der Waals surface area contributed by atoms with Gasteiger partial charge in [0.05, 0.1) is 7.11 Å². The van der Waals surface area contributed by atoms with Crippen molar-refractivity contribution in [1.29, 1.82) is 0 Å². The molecule has 0 heterocycles. The van der Waals surface area contributed by atoms with Gasteiger partial charge in [0.25, 0.3) is 0 Å². The molecule has 0 spiro atoms.